The summed E-state index contributed by atoms with van der Waals surface area (Å²) in [7, 11) is 0. The molecule has 0 aliphatic carbocycles. The van der Waals surface area contributed by atoms with Crippen molar-refractivity contribution in [2.75, 3.05) is 13.1 Å². The van der Waals surface area contributed by atoms with E-state index in [1.807, 2.05) is 0 Å². The molecule has 0 heterocycles. The third kappa shape index (κ3) is 9.86. The third-order valence-corrected chi connectivity index (χ3v) is 4.76. The van der Waals surface area contributed by atoms with Crippen molar-refractivity contribution in [3.05, 3.63) is 92.0 Å². The fourth-order valence-corrected chi connectivity index (χ4v) is 2.90. The first-order chi connectivity index (χ1) is 16.3. The Balaban J connectivity index is 1.52. The number of nitrogens with zero attached hydrogens (tertiary/aromatic N) is 2. The molecule has 0 saturated carbocycles. The number of hydrogen-bond donors (Lipinski definition) is 2. The average molecular weight is 466 g/mol. The molecule has 0 atom stereocenters. The number of amides is 2. The van der Waals surface area contributed by atoms with E-state index in [0.717, 1.165) is 25.7 Å². The van der Waals surface area contributed by atoms with Crippen LogP contribution >= 0.6 is 0 Å². The van der Waals surface area contributed by atoms with E-state index in [1.165, 1.54) is 36.4 Å². The molecule has 0 spiro atoms. The van der Waals surface area contributed by atoms with Crippen LogP contribution in [0.4, 0.5) is 11.4 Å². The highest BCUT2D eigenvalue weighted by molar-refractivity contribution is 5.92. The van der Waals surface area contributed by atoms with Gasteiger partial charge in [0.25, 0.3) is 11.4 Å². The summed E-state index contributed by atoms with van der Waals surface area (Å²) in [6.45, 7) is 1.07. The monoisotopic (exact) mass is 466 g/mol. The van der Waals surface area contributed by atoms with E-state index in [9.17, 15) is 29.8 Å². The van der Waals surface area contributed by atoms with E-state index in [2.05, 4.69) is 10.6 Å². The summed E-state index contributed by atoms with van der Waals surface area (Å²) in [6.07, 6.45) is 9.40. The van der Waals surface area contributed by atoms with Crippen molar-refractivity contribution < 1.29 is 19.4 Å². The quantitative estimate of drug-likeness (QED) is 0.197. The van der Waals surface area contributed by atoms with Gasteiger partial charge in [0.1, 0.15) is 0 Å². The Morgan fingerprint density at radius 2 is 1.00 bits per heavy atom. The maximum absolute atomic E-state index is 11.8. The van der Waals surface area contributed by atoms with E-state index >= 15 is 0 Å². The molecule has 10 nitrogen and oxygen atoms in total. The minimum Gasteiger partial charge on any atom is -0.353 e. The standard InChI is InChI=1S/C24H26N4O6/c29-23(15-9-19-5-11-21(12-6-19)27(31)32)25-17-3-1-2-4-18-26-24(30)16-10-20-7-13-22(14-8-20)28(33)34/h5-16H,1-4,17-18H2,(H,25,29)(H,26,30). The number of carbonyl (C=O) groups excluding carboxylic acids is 2. The molecule has 178 valence electrons. The van der Waals surface area contributed by atoms with Crippen LogP contribution in [-0.4, -0.2) is 34.8 Å². The minimum absolute atomic E-state index is 0.000111. The lowest BCUT2D eigenvalue weighted by atomic mass is 10.2. The predicted octanol–water partition coefficient (Wildman–Crippen LogP) is 4.02. The number of nitrogens with one attached hydrogen (secondary N) is 2. The molecule has 0 aliphatic rings. The molecule has 0 bridgehead atoms. The van der Waals surface area contributed by atoms with Gasteiger partial charge in [-0.3, -0.25) is 29.8 Å². The lowest BCUT2D eigenvalue weighted by Gasteiger charge is -2.04. The van der Waals surface area contributed by atoms with Crippen LogP contribution in [-0.2, 0) is 9.59 Å². The molecule has 2 amide bonds. The Hall–Kier alpha value is -4.34. The smallest absolute Gasteiger partial charge is 0.269 e. The minimum atomic E-state index is -0.476. The lowest BCUT2D eigenvalue weighted by Crippen LogP contribution is -2.23. The van der Waals surface area contributed by atoms with Crippen LogP contribution in [0.15, 0.2) is 60.7 Å². The fourth-order valence-electron chi connectivity index (χ4n) is 2.90. The molecule has 10 heteroatoms. The molecule has 0 aromatic heterocycles. The van der Waals surface area contributed by atoms with Crippen LogP contribution in [0.5, 0.6) is 0 Å². The van der Waals surface area contributed by atoms with Gasteiger partial charge in [-0.25, -0.2) is 0 Å². The lowest BCUT2D eigenvalue weighted by molar-refractivity contribution is -0.385. The molecule has 0 radical (unpaired) electrons. The Morgan fingerprint density at radius 3 is 1.32 bits per heavy atom. The Labute approximate surface area is 196 Å². The van der Waals surface area contributed by atoms with Crippen LogP contribution < -0.4 is 10.6 Å². The zero-order valence-electron chi connectivity index (χ0n) is 18.5. The second kappa shape index (κ2) is 13.9. The van der Waals surface area contributed by atoms with Gasteiger partial charge in [0.05, 0.1) is 9.85 Å². The molecule has 2 aromatic carbocycles. The van der Waals surface area contributed by atoms with Crippen LogP contribution in [0.25, 0.3) is 12.2 Å². The van der Waals surface area contributed by atoms with E-state index in [4.69, 9.17) is 0 Å². The average Bonchev–Trinajstić information content (AvgIpc) is 2.83. The van der Waals surface area contributed by atoms with E-state index < -0.39 is 9.85 Å². The first kappa shape index (κ1) is 25.9. The molecule has 0 saturated heterocycles. The largest absolute Gasteiger partial charge is 0.353 e. The first-order valence-electron chi connectivity index (χ1n) is 10.8. The number of nitro groups is 2. The second-order valence-corrected chi connectivity index (χ2v) is 7.36. The van der Waals surface area contributed by atoms with Crippen molar-refractivity contribution in [3.8, 4) is 0 Å². The van der Waals surface area contributed by atoms with Crippen molar-refractivity contribution in [2.24, 2.45) is 0 Å². The number of carbonyl (C=O) groups is 2. The maximum atomic E-state index is 11.8. The first-order valence-corrected chi connectivity index (χ1v) is 10.8. The van der Waals surface area contributed by atoms with Crippen molar-refractivity contribution in [2.45, 2.75) is 25.7 Å². The number of nitro benzene ring substituents is 2. The molecular weight excluding hydrogens is 440 g/mol. The highest BCUT2D eigenvalue weighted by Gasteiger charge is 2.04. The van der Waals surface area contributed by atoms with Gasteiger partial charge >= 0.3 is 0 Å². The molecule has 2 aromatic rings. The molecule has 0 unspecified atom stereocenters. The molecule has 0 aliphatic heterocycles. The summed E-state index contributed by atoms with van der Waals surface area (Å²) in [6, 6.07) is 11.8. The molecular formula is C24H26N4O6. The van der Waals surface area contributed by atoms with Gasteiger partial charge in [-0.2, -0.15) is 0 Å². The topological polar surface area (TPSA) is 144 Å². The summed E-state index contributed by atoms with van der Waals surface area (Å²) in [5, 5.41) is 26.8. The summed E-state index contributed by atoms with van der Waals surface area (Å²) in [5.41, 5.74) is 1.40. The number of unbranched alkanes of at least 4 members (excludes halogenated alkanes) is 3. The number of rotatable bonds is 13. The summed E-state index contributed by atoms with van der Waals surface area (Å²) < 4.78 is 0. The van der Waals surface area contributed by atoms with Crippen LogP contribution in [0, 0.1) is 20.2 Å². The van der Waals surface area contributed by atoms with E-state index in [-0.39, 0.29) is 23.2 Å². The summed E-state index contributed by atoms with van der Waals surface area (Å²) in [4.78, 5) is 43.9. The van der Waals surface area contributed by atoms with Crippen molar-refractivity contribution in [1.29, 1.82) is 0 Å². The van der Waals surface area contributed by atoms with Gasteiger partial charge in [0.2, 0.25) is 11.8 Å². The Bertz CT molecular complexity index is 961. The van der Waals surface area contributed by atoms with Crippen molar-refractivity contribution in [3.63, 3.8) is 0 Å². The molecule has 34 heavy (non-hydrogen) atoms. The second-order valence-electron chi connectivity index (χ2n) is 7.36. The van der Waals surface area contributed by atoms with Gasteiger partial charge < -0.3 is 10.6 Å². The van der Waals surface area contributed by atoms with Crippen LogP contribution in [0.2, 0.25) is 0 Å². The molecule has 2 N–H and O–H groups in total. The highest BCUT2D eigenvalue weighted by Crippen LogP contribution is 2.13. The summed E-state index contributed by atoms with van der Waals surface area (Å²) in [5.74, 6) is -0.462. The van der Waals surface area contributed by atoms with Gasteiger partial charge in [-0.1, -0.05) is 12.8 Å². The van der Waals surface area contributed by atoms with E-state index in [1.54, 1.807) is 36.4 Å². The Kier molecular flexibility index (Phi) is 10.6. The zero-order chi connectivity index (χ0) is 24.8. The third-order valence-electron chi connectivity index (χ3n) is 4.76. The van der Waals surface area contributed by atoms with Crippen molar-refractivity contribution in [1.82, 2.24) is 10.6 Å². The normalized spacial score (nSPS) is 10.9. The van der Waals surface area contributed by atoms with Gasteiger partial charge in [0.15, 0.2) is 0 Å². The van der Waals surface area contributed by atoms with Gasteiger partial charge in [-0.15, -0.1) is 0 Å². The number of non-ortho nitro benzene ring substituents is 2. The zero-order valence-corrected chi connectivity index (χ0v) is 18.5. The van der Waals surface area contributed by atoms with Gasteiger partial charge in [0, 0.05) is 49.5 Å². The van der Waals surface area contributed by atoms with Crippen LogP contribution in [0.1, 0.15) is 36.8 Å². The SMILES string of the molecule is O=C(C=Cc1ccc([N+](=O)[O-])cc1)NCCCCCCNC(=O)C=Cc1ccc([N+](=O)[O-])cc1. The maximum Gasteiger partial charge on any atom is 0.269 e. The van der Waals surface area contributed by atoms with Crippen molar-refractivity contribution >= 4 is 35.3 Å². The summed E-state index contributed by atoms with van der Waals surface area (Å²) >= 11 is 0. The predicted molar refractivity (Wildman–Crippen MR) is 129 cm³/mol. The fraction of sp³-hybridized carbons (Fsp3) is 0.250. The highest BCUT2D eigenvalue weighted by atomic mass is 16.6. The Morgan fingerprint density at radius 1 is 0.647 bits per heavy atom. The van der Waals surface area contributed by atoms with Crippen LogP contribution in [0.3, 0.4) is 0 Å². The number of benzene rings is 2. The molecule has 2 rings (SSSR count). The van der Waals surface area contributed by atoms with Gasteiger partial charge in [-0.05, 0) is 60.4 Å². The molecule has 0 fully saturated rings. The van der Waals surface area contributed by atoms with E-state index in [0.29, 0.717) is 24.2 Å². The number of hydrogen-bond acceptors (Lipinski definition) is 6.